The molecule has 0 atom stereocenters. The standard InChI is InChI=1S/C19H23N5O2S2/c1-11(2)12-8-6-7-9-13(12)20-14(25)10-27-18-23-24-16(26)15(19(3,4)5)21-22-17(24)28-18/h6-9,11H,10H2,1-5H3,(H,20,25). The summed E-state index contributed by atoms with van der Waals surface area (Å²) < 4.78 is 1.87. The molecule has 0 spiro atoms. The van der Waals surface area contributed by atoms with Gasteiger partial charge in [0.05, 0.1) is 5.75 Å². The number of nitrogens with zero attached hydrogens (tertiary/aromatic N) is 4. The average Bonchev–Trinajstić information content (AvgIpc) is 3.03. The monoisotopic (exact) mass is 417 g/mol. The number of para-hydroxylation sites is 1. The van der Waals surface area contributed by atoms with Crippen LogP contribution in [0.25, 0.3) is 4.96 Å². The predicted molar refractivity (Wildman–Crippen MR) is 114 cm³/mol. The Bertz CT molecular complexity index is 1070. The Kier molecular flexibility index (Phi) is 5.85. The number of hydrogen-bond acceptors (Lipinski definition) is 7. The van der Waals surface area contributed by atoms with E-state index in [1.165, 1.54) is 27.6 Å². The number of carbonyl (C=O) groups excluding carboxylic acids is 1. The molecule has 2 heterocycles. The van der Waals surface area contributed by atoms with Crippen LogP contribution in [-0.4, -0.2) is 31.5 Å². The van der Waals surface area contributed by atoms with E-state index in [0.29, 0.717) is 20.9 Å². The highest BCUT2D eigenvalue weighted by molar-refractivity contribution is 8.01. The highest BCUT2D eigenvalue weighted by atomic mass is 32.2. The quantitative estimate of drug-likeness (QED) is 0.637. The molecule has 0 radical (unpaired) electrons. The predicted octanol–water partition coefficient (Wildman–Crippen LogP) is 3.70. The minimum Gasteiger partial charge on any atom is -0.325 e. The van der Waals surface area contributed by atoms with E-state index in [9.17, 15) is 9.59 Å². The first-order chi connectivity index (χ1) is 13.2. The Hall–Kier alpha value is -2.26. The van der Waals surface area contributed by atoms with Crippen LogP contribution in [0.3, 0.4) is 0 Å². The van der Waals surface area contributed by atoms with Crippen molar-refractivity contribution in [1.82, 2.24) is 19.8 Å². The molecule has 3 rings (SSSR count). The van der Waals surface area contributed by atoms with Gasteiger partial charge in [0.15, 0.2) is 4.34 Å². The highest BCUT2D eigenvalue weighted by Crippen LogP contribution is 2.26. The Morgan fingerprint density at radius 1 is 1.25 bits per heavy atom. The molecular weight excluding hydrogens is 394 g/mol. The van der Waals surface area contributed by atoms with Gasteiger partial charge in [0.1, 0.15) is 5.69 Å². The van der Waals surface area contributed by atoms with Gasteiger partial charge in [-0.05, 0) is 17.5 Å². The lowest BCUT2D eigenvalue weighted by molar-refractivity contribution is -0.113. The summed E-state index contributed by atoms with van der Waals surface area (Å²) in [6.07, 6.45) is 0. The normalized spacial score (nSPS) is 11.9. The molecule has 0 aliphatic rings. The van der Waals surface area contributed by atoms with E-state index in [0.717, 1.165) is 11.3 Å². The highest BCUT2D eigenvalue weighted by Gasteiger charge is 2.23. The Morgan fingerprint density at radius 3 is 2.64 bits per heavy atom. The van der Waals surface area contributed by atoms with Crippen molar-refractivity contribution in [3.05, 3.63) is 45.9 Å². The zero-order chi connectivity index (χ0) is 20.5. The number of hydrogen-bond donors (Lipinski definition) is 1. The molecule has 0 fully saturated rings. The third kappa shape index (κ3) is 4.41. The maximum atomic E-state index is 12.6. The van der Waals surface area contributed by atoms with Crippen LogP contribution in [0.2, 0.25) is 0 Å². The molecule has 0 aliphatic carbocycles. The summed E-state index contributed by atoms with van der Waals surface area (Å²) in [4.78, 5) is 25.4. The molecular formula is C19H23N5O2S2. The molecule has 7 nitrogen and oxygen atoms in total. The van der Waals surface area contributed by atoms with E-state index < -0.39 is 5.41 Å². The third-order valence-electron chi connectivity index (χ3n) is 4.07. The summed E-state index contributed by atoms with van der Waals surface area (Å²) in [6, 6.07) is 7.78. The number of nitrogens with one attached hydrogen (secondary N) is 1. The van der Waals surface area contributed by atoms with Crippen molar-refractivity contribution in [2.75, 3.05) is 11.1 Å². The molecule has 1 aromatic carbocycles. The fourth-order valence-electron chi connectivity index (χ4n) is 2.65. The summed E-state index contributed by atoms with van der Waals surface area (Å²) >= 11 is 2.53. The summed E-state index contributed by atoms with van der Waals surface area (Å²) in [5.41, 5.74) is 1.61. The van der Waals surface area contributed by atoms with E-state index in [1.807, 2.05) is 45.0 Å². The summed E-state index contributed by atoms with van der Waals surface area (Å²) in [5.74, 6) is 0.391. The first-order valence-electron chi connectivity index (χ1n) is 8.95. The van der Waals surface area contributed by atoms with Crippen molar-refractivity contribution >= 4 is 39.7 Å². The maximum Gasteiger partial charge on any atom is 0.297 e. The first kappa shape index (κ1) is 20.5. The summed E-state index contributed by atoms with van der Waals surface area (Å²) in [6.45, 7) is 9.90. The molecule has 0 aliphatic heterocycles. The van der Waals surface area contributed by atoms with Crippen LogP contribution in [0, 0.1) is 0 Å². The van der Waals surface area contributed by atoms with Crippen molar-refractivity contribution in [3.8, 4) is 0 Å². The Labute approximate surface area is 171 Å². The van der Waals surface area contributed by atoms with E-state index in [1.54, 1.807) is 0 Å². The van der Waals surface area contributed by atoms with Crippen LogP contribution < -0.4 is 10.9 Å². The fourth-order valence-corrected chi connectivity index (χ4v) is 4.33. The van der Waals surface area contributed by atoms with Gasteiger partial charge in [0.25, 0.3) is 5.56 Å². The molecule has 1 N–H and O–H groups in total. The van der Waals surface area contributed by atoms with Gasteiger partial charge in [-0.3, -0.25) is 9.59 Å². The molecule has 28 heavy (non-hydrogen) atoms. The van der Waals surface area contributed by atoms with Gasteiger partial charge >= 0.3 is 0 Å². The molecule has 0 unspecified atom stereocenters. The lowest BCUT2D eigenvalue weighted by Gasteiger charge is -2.14. The molecule has 3 aromatic rings. The number of rotatable bonds is 5. The second kappa shape index (κ2) is 8.00. The number of carbonyl (C=O) groups is 1. The van der Waals surface area contributed by atoms with E-state index in [-0.39, 0.29) is 17.2 Å². The summed E-state index contributed by atoms with van der Waals surface area (Å²) in [7, 11) is 0. The van der Waals surface area contributed by atoms with Crippen molar-refractivity contribution in [3.63, 3.8) is 0 Å². The number of amides is 1. The zero-order valence-corrected chi connectivity index (χ0v) is 18.1. The molecule has 2 aromatic heterocycles. The number of thioether (sulfide) groups is 1. The van der Waals surface area contributed by atoms with Gasteiger partial charge in [-0.25, -0.2) is 0 Å². The molecule has 0 saturated carbocycles. The minimum absolute atomic E-state index is 0.119. The lowest BCUT2D eigenvalue weighted by Crippen LogP contribution is -2.30. The van der Waals surface area contributed by atoms with Crippen LogP contribution in [0.4, 0.5) is 5.69 Å². The van der Waals surface area contributed by atoms with Gasteiger partial charge in [-0.15, -0.1) is 15.3 Å². The SMILES string of the molecule is CC(C)c1ccccc1NC(=O)CSc1nn2c(=O)c(C(C)(C)C)nnc2s1. The van der Waals surface area contributed by atoms with Crippen LogP contribution in [-0.2, 0) is 10.2 Å². The minimum atomic E-state index is -0.411. The van der Waals surface area contributed by atoms with Crippen LogP contribution in [0.15, 0.2) is 33.4 Å². The average molecular weight is 418 g/mol. The van der Waals surface area contributed by atoms with Crippen molar-refractivity contribution in [2.45, 2.75) is 50.3 Å². The summed E-state index contributed by atoms with van der Waals surface area (Å²) in [5, 5.41) is 15.4. The molecule has 9 heteroatoms. The van der Waals surface area contributed by atoms with Crippen molar-refractivity contribution in [1.29, 1.82) is 0 Å². The Balaban J connectivity index is 1.73. The molecule has 148 valence electrons. The van der Waals surface area contributed by atoms with Crippen LogP contribution in [0.1, 0.15) is 51.8 Å². The first-order valence-corrected chi connectivity index (χ1v) is 10.8. The number of fused-ring (bicyclic) bond motifs is 1. The van der Waals surface area contributed by atoms with E-state index in [4.69, 9.17) is 0 Å². The van der Waals surface area contributed by atoms with Crippen LogP contribution in [0.5, 0.6) is 0 Å². The van der Waals surface area contributed by atoms with Crippen molar-refractivity contribution < 1.29 is 4.79 Å². The second-order valence-electron chi connectivity index (χ2n) is 7.74. The van der Waals surface area contributed by atoms with Gasteiger partial charge in [0.2, 0.25) is 10.9 Å². The maximum absolute atomic E-state index is 12.6. The number of aromatic nitrogens is 4. The van der Waals surface area contributed by atoms with Crippen molar-refractivity contribution in [2.24, 2.45) is 0 Å². The van der Waals surface area contributed by atoms with E-state index in [2.05, 4.69) is 34.5 Å². The zero-order valence-electron chi connectivity index (χ0n) is 16.5. The smallest absolute Gasteiger partial charge is 0.297 e. The lowest BCUT2D eigenvalue weighted by atomic mass is 9.93. The Morgan fingerprint density at radius 2 is 1.96 bits per heavy atom. The number of benzene rings is 1. The number of anilines is 1. The fraction of sp³-hybridized carbons (Fsp3) is 0.421. The second-order valence-corrected chi connectivity index (χ2v) is 9.92. The molecule has 0 bridgehead atoms. The van der Waals surface area contributed by atoms with Gasteiger partial charge in [-0.2, -0.15) is 4.52 Å². The molecule has 0 saturated heterocycles. The van der Waals surface area contributed by atoms with E-state index >= 15 is 0 Å². The molecule has 1 amide bonds. The largest absolute Gasteiger partial charge is 0.325 e. The van der Waals surface area contributed by atoms with Crippen LogP contribution >= 0.6 is 23.1 Å². The van der Waals surface area contributed by atoms with Gasteiger partial charge in [-0.1, -0.05) is 75.9 Å². The third-order valence-corrected chi connectivity index (χ3v) is 6.10. The topological polar surface area (TPSA) is 89.3 Å². The van der Waals surface area contributed by atoms with Gasteiger partial charge < -0.3 is 5.32 Å². The van der Waals surface area contributed by atoms with Gasteiger partial charge in [0, 0.05) is 11.1 Å².